The summed E-state index contributed by atoms with van der Waals surface area (Å²) >= 11 is 0. The van der Waals surface area contributed by atoms with E-state index in [0.29, 0.717) is 13.0 Å². The molecule has 10 heteroatoms. The molecule has 0 spiro atoms. The first-order valence-corrected chi connectivity index (χ1v) is 6.75. The molecular formula is C13H14F3N5O2. The van der Waals surface area contributed by atoms with E-state index >= 15 is 0 Å². The molecule has 0 saturated carbocycles. The number of anilines is 1. The third-order valence-corrected chi connectivity index (χ3v) is 2.74. The van der Waals surface area contributed by atoms with Gasteiger partial charge in [-0.25, -0.2) is 4.68 Å². The van der Waals surface area contributed by atoms with Crippen LogP contribution in [0.2, 0.25) is 0 Å². The normalized spacial score (nSPS) is 11.3. The number of carbonyl (C=O) groups excluding carboxylic acids is 1. The Labute approximate surface area is 129 Å². The molecule has 1 heterocycles. The molecule has 0 atom stereocenters. The quantitative estimate of drug-likeness (QED) is 0.878. The molecule has 1 amide bonds. The zero-order valence-electron chi connectivity index (χ0n) is 12.2. The Morgan fingerprint density at radius 2 is 2.17 bits per heavy atom. The first-order chi connectivity index (χ1) is 10.9. The zero-order valence-corrected chi connectivity index (χ0v) is 12.2. The fourth-order valence-electron chi connectivity index (χ4n) is 1.73. The monoisotopic (exact) mass is 329 g/mol. The lowest BCUT2D eigenvalue weighted by atomic mass is 10.1. The molecule has 1 aromatic heterocycles. The molecular weight excluding hydrogens is 315 g/mol. The zero-order chi connectivity index (χ0) is 16.9. The molecule has 0 fully saturated rings. The van der Waals surface area contributed by atoms with Crippen LogP contribution in [0.15, 0.2) is 24.5 Å². The molecule has 2 rings (SSSR count). The average Bonchev–Trinajstić information content (AvgIpc) is 2.97. The van der Waals surface area contributed by atoms with Gasteiger partial charge in [-0.3, -0.25) is 4.79 Å². The molecule has 0 saturated heterocycles. The van der Waals surface area contributed by atoms with Gasteiger partial charge >= 0.3 is 6.18 Å². The van der Waals surface area contributed by atoms with Gasteiger partial charge < -0.3 is 10.1 Å². The highest BCUT2D eigenvalue weighted by molar-refractivity contribution is 5.92. The van der Waals surface area contributed by atoms with Gasteiger partial charge in [-0.1, -0.05) is 6.92 Å². The summed E-state index contributed by atoms with van der Waals surface area (Å²) in [5.41, 5.74) is -0.926. The maximum atomic E-state index is 12.8. The first kappa shape index (κ1) is 16.7. The van der Waals surface area contributed by atoms with Crippen molar-refractivity contribution in [2.75, 3.05) is 11.9 Å². The SMILES string of the molecule is CCCOc1ccc(C(F)(F)F)cc1NC(=O)Cn1cnnn1. The fraction of sp³-hybridized carbons (Fsp3) is 0.385. The van der Waals surface area contributed by atoms with Crippen LogP contribution in [-0.2, 0) is 17.5 Å². The summed E-state index contributed by atoms with van der Waals surface area (Å²) in [5, 5.41) is 12.6. The Kier molecular flexibility index (Phi) is 5.14. The number of benzene rings is 1. The van der Waals surface area contributed by atoms with E-state index in [1.165, 1.54) is 12.4 Å². The van der Waals surface area contributed by atoms with Gasteiger partial charge in [0.15, 0.2) is 0 Å². The van der Waals surface area contributed by atoms with Crippen LogP contribution < -0.4 is 10.1 Å². The molecule has 0 radical (unpaired) electrons. The van der Waals surface area contributed by atoms with Crippen molar-refractivity contribution >= 4 is 11.6 Å². The third-order valence-electron chi connectivity index (χ3n) is 2.74. The van der Waals surface area contributed by atoms with Crippen LogP contribution >= 0.6 is 0 Å². The minimum Gasteiger partial charge on any atom is -0.491 e. The number of hydrogen-bond donors (Lipinski definition) is 1. The molecule has 23 heavy (non-hydrogen) atoms. The maximum Gasteiger partial charge on any atom is 0.416 e. The highest BCUT2D eigenvalue weighted by atomic mass is 19.4. The van der Waals surface area contributed by atoms with E-state index in [1.807, 2.05) is 6.92 Å². The molecule has 0 aliphatic carbocycles. The predicted octanol–water partition coefficient (Wildman–Crippen LogP) is 2.12. The smallest absolute Gasteiger partial charge is 0.416 e. The van der Waals surface area contributed by atoms with Gasteiger partial charge in [-0.05, 0) is 35.0 Å². The van der Waals surface area contributed by atoms with Gasteiger partial charge in [0.2, 0.25) is 5.91 Å². The number of ether oxygens (including phenoxy) is 1. The number of aromatic nitrogens is 4. The van der Waals surface area contributed by atoms with Gasteiger partial charge in [0, 0.05) is 0 Å². The van der Waals surface area contributed by atoms with Crippen molar-refractivity contribution in [3.05, 3.63) is 30.1 Å². The van der Waals surface area contributed by atoms with E-state index in [-0.39, 0.29) is 18.0 Å². The molecule has 0 aliphatic rings. The second-order valence-corrected chi connectivity index (χ2v) is 4.61. The molecule has 0 aliphatic heterocycles. The summed E-state index contributed by atoms with van der Waals surface area (Å²) in [6.07, 6.45) is -2.61. The molecule has 124 valence electrons. The number of nitrogens with one attached hydrogen (secondary N) is 1. The lowest BCUT2D eigenvalue weighted by Gasteiger charge is -2.15. The van der Waals surface area contributed by atoms with Crippen LogP contribution in [0.3, 0.4) is 0 Å². The highest BCUT2D eigenvalue weighted by Crippen LogP contribution is 2.35. The molecule has 2 aromatic rings. The fourth-order valence-corrected chi connectivity index (χ4v) is 1.73. The Hall–Kier alpha value is -2.65. The number of alkyl halides is 3. The van der Waals surface area contributed by atoms with Gasteiger partial charge in [-0.2, -0.15) is 13.2 Å². The van der Waals surface area contributed by atoms with Crippen molar-refractivity contribution in [1.29, 1.82) is 0 Å². The highest BCUT2D eigenvalue weighted by Gasteiger charge is 2.31. The lowest BCUT2D eigenvalue weighted by molar-refractivity contribution is -0.137. The van der Waals surface area contributed by atoms with Crippen molar-refractivity contribution in [1.82, 2.24) is 20.2 Å². The van der Waals surface area contributed by atoms with Crippen molar-refractivity contribution < 1.29 is 22.7 Å². The largest absolute Gasteiger partial charge is 0.491 e. The number of carbonyl (C=O) groups is 1. The Bertz CT molecular complexity index is 658. The molecule has 7 nitrogen and oxygen atoms in total. The number of amides is 1. The molecule has 0 bridgehead atoms. The van der Waals surface area contributed by atoms with E-state index < -0.39 is 17.6 Å². The number of tetrazole rings is 1. The van der Waals surface area contributed by atoms with Crippen LogP contribution in [0.25, 0.3) is 0 Å². The van der Waals surface area contributed by atoms with Gasteiger partial charge in [0.05, 0.1) is 17.9 Å². The summed E-state index contributed by atoms with van der Waals surface area (Å²) in [6.45, 7) is 1.96. The predicted molar refractivity (Wildman–Crippen MR) is 73.7 cm³/mol. The summed E-state index contributed by atoms with van der Waals surface area (Å²) in [7, 11) is 0. The number of hydrogen-bond acceptors (Lipinski definition) is 5. The Balaban J connectivity index is 2.20. The van der Waals surface area contributed by atoms with Crippen LogP contribution in [0, 0.1) is 0 Å². The van der Waals surface area contributed by atoms with E-state index in [4.69, 9.17) is 4.74 Å². The minimum absolute atomic E-state index is 0.0497. The number of rotatable bonds is 6. The van der Waals surface area contributed by atoms with E-state index in [0.717, 1.165) is 16.8 Å². The number of halogens is 3. The van der Waals surface area contributed by atoms with E-state index in [9.17, 15) is 18.0 Å². The molecule has 1 N–H and O–H groups in total. The minimum atomic E-state index is -4.52. The Morgan fingerprint density at radius 3 is 2.78 bits per heavy atom. The third kappa shape index (κ3) is 4.66. The molecule has 1 aromatic carbocycles. The maximum absolute atomic E-state index is 12.8. The van der Waals surface area contributed by atoms with E-state index in [2.05, 4.69) is 20.8 Å². The van der Waals surface area contributed by atoms with Crippen LogP contribution in [0.4, 0.5) is 18.9 Å². The summed E-state index contributed by atoms with van der Waals surface area (Å²) in [6, 6.07) is 2.93. The van der Waals surface area contributed by atoms with Gasteiger partial charge in [0.25, 0.3) is 0 Å². The van der Waals surface area contributed by atoms with Crippen LogP contribution in [-0.4, -0.2) is 32.7 Å². The van der Waals surface area contributed by atoms with Crippen LogP contribution in [0.5, 0.6) is 5.75 Å². The second-order valence-electron chi connectivity index (χ2n) is 4.61. The summed E-state index contributed by atoms with van der Waals surface area (Å²) in [5.74, 6) is -0.400. The van der Waals surface area contributed by atoms with Crippen molar-refractivity contribution in [2.45, 2.75) is 26.1 Å². The van der Waals surface area contributed by atoms with Gasteiger partial charge in [-0.15, -0.1) is 5.10 Å². The second kappa shape index (κ2) is 7.07. The van der Waals surface area contributed by atoms with E-state index in [1.54, 1.807) is 0 Å². The van der Waals surface area contributed by atoms with Gasteiger partial charge in [0.1, 0.15) is 18.6 Å². The first-order valence-electron chi connectivity index (χ1n) is 6.75. The van der Waals surface area contributed by atoms with Crippen molar-refractivity contribution in [3.8, 4) is 5.75 Å². The van der Waals surface area contributed by atoms with Crippen molar-refractivity contribution in [3.63, 3.8) is 0 Å². The van der Waals surface area contributed by atoms with Crippen LogP contribution in [0.1, 0.15) is 18.9 Å². The summed E-state index contributed by atoms with van der Waals surface area (Å²) < 4.78 is 44.9. The standard InChI is InChI=1S/C13H14F3N5O2/c1-2-5-23-11-4-3-9(13(14,15)16)6-10(11)18-12(22)7-21-8-17-19-20-21/h3-4,6,8H,2,5,7H2,1H3,(H,18,22). The average molecular weight is 329 g/mol. The van der Waals surface area contributed by atoms with Crippen molar-refractivity contribution in [2.24, 2.45) is 0 Å². The summed E-state index contributed by atoms with van der Waals surface area (Å²) in [4.78, 5) is 11.9. The topological polar surface area (TPSA) is 81.9 Å². The Morgan fingerprint density at radius 1 is 1.39 bits per heavy atom. The number of nitrogens with zero attached hydrogens (tertiary/aromatic N) is 4. The lowest BCUT2D eigenvalue weighted by Crippen LogP contribution is -2.20. The molecule has 0 unspecified atom stereocenters.